The second-order valence-electron chi connectivity index (χ2n) is 5.07. The van der Waals surface area contributed by atoms with E-state index in [2.05, 4.69) is 0 Å². The fraction of sp³-hybridized carbons (Fsp3) is 0.333. The molecule has 0 saturated carbocycles. The molecule has 3 rings (SSSR count). The van der Waals surface area contributed by atoms with E-state index in [0.717, 1.165) is 22.5 Å². The number of hydrogen-bond donors (Lipinski definition) is 0. The summed E-state index contributed by atoms with van der Waals surface area (Å²) in [6.45, 7) is 5.06. The maximum atomic E-state index is 12.0. The molecule has 1 fully saturated rings. The highest BCUT2D eigenvalue weighted by atomic mass is 16.5. The first-order valence-electron chi connectivity index (χ1n) is 6.74. The zero-order chi connectivity index (χ0) is 15.0. The summed E-state index contributed by atoms with van der Waals surface area (Å²) in [6, 6.07) is 3.75. The molecule has 2 aromatic rings. The quantitative estimate of drug-likeness (QED) is 0.838. The van der Waals surface area contributed by atoms with Crippen LogP contribution in [0.1, 0.15) is 11.1 Å². The first-order valence-corrected chi connectivity index (χ1v) is 6.74. The van der Waals surface area contributed by atoms with Crippen molar-refractivity contribution in [2.24, 2.45) is 0 Å². The predicted octanol–water partition coefficient (Wildman–Crippen LogP) is 1.41. The van der Waals surface area contributed by atoms with Crippen molar-refractivity contribution in [1.29, 1.82) is 0 Å². The average molecular weight is 288 g/mol. The summed E-state index contributed by atoms with van der Waals surface area (Å²) in [5, 5.41) is 0. The lowest BCUT2D eigenvalue weighted by Crippen LogP contribution is -2.42. The first-order chi connectivity index (χ1) is 10.1. The molecule has 1 saturated heterocycles. The lowest BCUT2D eigenvalue weighted by Gasteiger charge is -2.30. The van der Waals surface area contributed by atoms with Gasteiger partial charge in [-0.05, 0) is 37.1 Å². The second kappa shape index (κ2) is 5.21. The van der Waals surface area contributed by atoms with Crippen molar-refractivity contribution >= 4 is 11.6 Å². The average Bonchev–Trinajstić information content (AvgIpc) is 2.86. The number of aryl methyl sites for hydroxylation is 2. The highest BCUT2D eigenvalue weighted by Gasteiger charge is 2.23. The molecule has 0 aliphatic carbocycles. The van der Waals surface area contributed by atoms with Gasteiger partial charge in [-0.25, -0.2) is 9.36 Å². The number of rotatable bonds is 2. The summed E-state index contributed by atoms with van der Waals surface area (Å²) >= 11 is 0. The largest absolute Gasteiger partial charge is 0.423 e. The molecule has 1 aromatic carbocycles. The van der Waals surface area contributed by atoms with E-state index >= 15 is 0 Å². The van der Waals surface area contributed by atoms with E-state index in [-0.39, 0.29) is 12.5 Å². The lowest BCUT2D eigenvalue weighted by molar-refractivity contribution is -0.125. The minimum atomic E-state index is -0.427. The van der Waals surface area contributed by atoms with E-state index in [0.29, 0.717) is 13.2 Å². The molecule has 0 unspecified atom stereocenters. The van der Waals surface area contributed by atoms with Crippen molar-refractivity contribution < 1.29 is 13.9 Å². The molecule has 0 N–H and O–H groups in total. The summed E-state index contributed by atoms with van der Waals surface area (Å²) < 4.78 is 11.4. The zero-order valence-electron chi connectivity index (χ0n) is 12.0. The Balaban J connectivity index is 2.06. The third kappa shape index (κ3) is 2.38. The molecule has 0 bridgehead atoms. The van der Waals surface area contributed by atoms with Crippen LogP contribution in [0.2, 0.25) is 0 Å². The Bertz CT molecular complexity index is 721. The van der Waals surface area contributed by atoms with Gasteiger partial charge in [0.1, 0.15) is 12.9 Å². The fourth-order valence-electron chi connectivity index (χ4n) is 2.71. The first kappa shape index (κ1) is 13.6. The molecular weight excluding hydrogens is 272 g/mol. The Morgan fingerprint density at radius 2 is 1.86 bits per heavy atom. The third-order valence-corrected chi connectivity index (χ3v) is 3.59. The molecule has 1 aliphatic rings. The van der Waals surface area contributed by atoms with E-state index < -0.39 is 5.76 Å². The van der Waals surface area contributed by atoms with Crippen LogP contribution < -0.4 is 10.7 Å². The Labute approximate surface area is 121 Å². The lowest BCUT2D eigenvalue weighted by atomic mass is 10.1. The monoisotopic (exact) mass is 288 g/mol. The minimum Gasteiger partial charge on any atom is -0.416 e. The number of morpholine rings is 1. The van der Waals surface area contributed by atoms with E-state index in [4.69, 9.17) is 9.15 Å². The number of anilines is 1. The number of hydrogen-bond acceptors (Lipinski definition) is 4. The van der Waals surface area contributed by atoms with Gasteiger partial charge in [-0.3, -0.25) is 4.79 Å². The molecule has 21 heavy (non-hydrogen) atoms. The van der Waals surface area contributed by atoms with Crippen LogP contribution in [-0.2, 0) is 9.53 Å². The van der Waals surface area contributed by atoms with Crippen LogP contribution in [0, 0.1) is 13.8 Å². The van der Waals surface area contributed by atoms with Gasteiger partial charge in [0.25, 0.3) is 5.91 Å². The summed E-state index contributed by atoms with van der Waals surface area (Å²) in [7, 11) is 0. The maximum Gasteiger partial charge on any atom is 0.423 e. The molecule has 6 nitrogen and oxygen atoms in total. The topological polar surface area (TPSA) is 64.7 Å². The van der Waals surface area contributed by atoms with Gasteiger partial charge in [0, 0.05) is 12.2 Å². The number of oxazole rings is 1. The number of aromatic nitrogens is 1. The van der Waals surface area contributed by atoms with E-state index in [1.54, 1.807) is 11.1 Å². The molecule has 2 heterocycles. The number of amides is 1. The van der Waals surface area contributed by atoms with E-state index in [9.17, 15) is 9.59 Å². The predicted molar refractivity (Wildman–Crippen MR) is 77.0 cm³/mol. The molecule has 1 aliphatic heterocycles. The van der Waals surface area contributed by atoms with E-state index in [1.165, 1.54) is 10.8 Å². The second-order valence-corrected chi connectivity index (χ2v) is 5.07. The van der Waals surface area contributed by atoms with Gasteiger partial charge in [-0.2, -0.15) is 0 Å². The molecule has 0 atom stereocenters. The summed E-state index contributed by atoms with van der Waals surface area (Å²) in [4.78, 5) is 25.3. The molecule has 0 spiro atoms. The fourth-order valence-corrected chi connectivity index (χ4v) is 2.71. The highest BCUT2D eigenvalue weighted by molar-refractivity contribution is 5.96. The van der Waals surface area contributed by atoms with Crippen molar-refractivity contribution in [2.45, 2.75) is 13.8 Å². The summed E-state index contributed by atoms with van der Waals surface area (Å²) in [5.41, 5.74) is 3.50. The molecular formula is C15H16N2O4. The highest BCUT2D eigenvalue weighted by Crippen LogP contribution is 2.28. The Morgan fingerprint density at radius 1 is 1.14 bits per heavy atom. The van der Waals surface area contributed by atoms with Crippen LogP contribution in [0.5, 0.6) is 0 Å². The minimum absolute atomic E-state index is 0.0410. The number of ether oxygens (including phenoxy) is 1. The van der Waals surface area contributed by atoms with Crippen molar-refractivity contribution in [3.63, 3.8) is 0 Å². The van der Waals surface area contributed by atoms with Crippen LogP contribution in [-0.4, -0.2) is 30.2 Å². The van der Waals surface area contributed by atoms with Gasteiger partial charge in [-0.15, -0.1) is 0 Å². The molecule has 110 valence electrons. The van der Waals surface area contributed by atoms with Crippen molar-refractivity contribution in [1.82, 2.24) is 4.57 Å². The normalized spacial score (nSPS) is 15.5. The van der Waals surface area contributed by atoms with Crippen LogP contribution in [0.25, 0.3) is 5.69 Å². The van der Waals surface area contributed by atoms with Gasteiger partial charge < -0.3 is 14.1 Å². The van der Waals surface area contributed by atoms with Gasteiger partial charge in [-0.1, -0.05) is 0 Å². The van der Waals surface area contributed by atoms with Crippen molar-refractivity contribution in [3.8, 4) is 5.69 Å². The number of carbonyl (C=O) groups is 1. The Morgan fingerprint density at radius 3 is 2.43 bits per heavy atom. The summed E-state index contributed by atoms with van der Waals surface area (Å²) in [6.07, 6.45) is 2.93. The smallest absolute Gasteiger partial charge is 0.416 e. The molecule has 1 aromatic heterocycles. The third-order valence-electron chi connectivity index (χ3n) is 3.59. The zero-order valence-corrected chi connectivity index (χ0v) is 12.0. The van der Waals surface area contributed by atoms with E-state index in [1.807, 2.05) is 26.0 Å². The maximum absolute atomic E-state index is 12.0. The SMILES string of the molecule is Cc1cc(-n2ccoc2=O)cc(C)c1N1CCOCC1=O. The Hall–Kier alpha value is -2.34. The van der Waals surface area contributed by atoms with Crippen LogP contribution >= 0.6 is 0 Å². The van der Waals surface area contributed by atoms with Crippen molar-refractivity contribution in [3.05, 3.63) is 46.3 Å². The molecule has 0 radical (unpaired) electrons. The molecule has 1 amide bonds. The van der Waals surface area contributed by atoms with Gasteiger partial charge >= 0.3 is 5.76 Å². The number of carbonyl (C=O) groups excluding carboxylic acids is 1. The van der Waals surface area contributed by atoms with Crippen molar-refractivity contribution in [2.75, 3.05) is 24.7 Å². The Kier molecular flexibility index (Phi) is 3.39. The van der Waals surface area contributed by atoms with Crippen LogP contribution in [0.3, 0.4) is 0 Å². The standard InChI is InChI=1S/C15H16N2O4/c1-10-7-12(16-4-6-21-15(16)19)8-11(2)14(10)17-3-5-20-9-13(17)18/h4,6-8H,3,5,9H2,1-2H3. The van der Waals surface area contributed by atoms with Gasteiger partial charge in [0.2, 0.25) is 0 Å². The van der Waals surface area contributed by atoms with Gasteiger partial charge in [0.15, 0.2) is 0 Å². The summed E-state index contributed by atoms with van der Waals surface area (Å²) in [5.74, 6) is -0.468. The number of benzene rings is 1. The van der Waals surface area contributed by atoms with Crippen LogP contribution in [0.4, 0.5) is 5.69 Å². The van der Waals surface area contributed by atoms with Crippen LogP contribution in [0.15, 0.2) is 33.8 Å². The molecule has 6 heteroatoms. The number of nitrogens with zero attached hydrogens (tertiary/aromatic N) is 2. The van der Waals surface area contributed by atoms with Gasteiger partial charge in [0.05, 0.1) is 18.5 Å².